The third-order valence-electron chi connectivity index (χ3n) is 3.71. The van der Waals surface area contributed by atoms with E-state index in [4.69, 9.17) is 5.73 Å². The molecule has 0 fully saturated rings. The molecule has 1 rings (SSSR count). The van der Waals surface area contributed by atoms with Gasteiger partial charge in [0.2, 0.25) is 0 Å². The Kier molecular flexibility index (Phi) is 6.02. The van der Waals surface area contributed by atoms with Crippen LogP contribution in [0, 0.1) is 13.8 Å². The lowest BCUT2D eigenvalue weighted by molar-refractivity contribution is 0.0951. The van der Waals surface area contributed by atoms with Crippen molar-refractivity contribution >= 4 is 11.6 Å². The molecule has 0 aliphatic carbocycles. The number of nitrogens with one attached hydrogen (secondary N) is 1. The number of amides is 1. The molecule has 0 aliphatic rings. The van der Waals surface area contributed by atoms with Crippen molar-refractivity contribution in [3.8, 4) is 0 Å². The largest absolute Gasteiger partial charge is 0.398 e. The van der Waals surface area contributed by atoms with Crippen molar-refractivity contribution in [1.29, 1.82) is 0 Å². The smallest absolute Gasteiger partial charge is 0.251 e. The number of hydrogen-bond donors (Lipinski definition) is 2. The average molecular weight is 277 g/mol. The summed E-state index contributed by atoms with van der Waals surface area (Å²) in [6, 6.07) is 4.25. The zero-order valence-electron chi connectivity index (χ0n) is 13.3. The van der Waals surface area contributed by atoms with Crippen LogP contribution in [-0.2, 0) is 0 Å². The monoisotopic (exact) mass is 277 g/mol. The predicted molar refractivity (Wildman–Crippen MR) is 85.0 cm³/mol. The fourth-order valence-electron chi connectivity index (χ4n) is 2.00. The minimum Gasteiger partial charge on any atom is -0.398 e. The van der Waals surface area contributed by atoms with E-state index >= 15 is 0 Å². The van der Waals surface area contributed by atoms with E-state index in [1.165, 1.54) is 0 Å². The van der Waals surface area contributed by atoms with Crippen molar-refractivity contribution in [2.24, 2.45) is 0 Å². The third-order valence-corrected chi connectivity index (χ3v) is 3.71. The molecule has 0 radical (unpaired) electrons. The number of nitrogens with zero attached hydrogens (tertiary/aromatic N) is 1. The molecule has 0 aromatic heterocycles. The summed E-state index contributed by atoms with van der Waals surface area (Å²) in [5, 5.41) is 2.96. The van der Waals surface area contributed by atoms with Crippen LogP contribution < -0.4 is 11.1 Å². The van der Waals surface area contributed by atoms with Gasteiger partial charge in [-0.3, -0.25) is 4.79 Å². The van der Waals surface area contributed by atoms with E-state index in [0.717, 1.165) is 24.1 Å². The SMILES string of the molecule is Cc1cc(C)c(C(=O)NCCCN(C)C(C)C)cc1N. The molecule has 1 amide bonds. The van der Waals surface area contributed by atoms with Crippen LogP contribution in [0.4, 0.5) is 5.69 Å². The molecule has 112 valence electrons. The highest BCUT2D eigenvalue weighted by Gasteiger charge is 2.10. The molecule has 0 bridgehead atoms. The highest BCUT2D eigenvalue weighted by molar-refractivity contribution is 5.96. The van der Waals surface area contributed by atoms with Crippen LogP contribution >= 0.6 is 0 Å². The van der Waals surface area contributed by atoms with Crippen LogP contribution in [0.2, 0.25) is 0 Å². The topological polar surface area (TPSA) is 58.4 Å². The number of nitrogens with two attached hydrogens (primary N) is 1. The molecule has 4 nitrogen and oxygen atoms in total. The molecule has 1 aromatic rings. The standard InChI is InChI=1S/C16H27N3O/c1-11(2)19(5)8-6-7-18-16(20)14-10-15(17)13(4)9-12(14)3/h9-11H,6-8,17H2,1-5H3,(H,18,20). The number of benzene rings is 1. The number of nitrogen functional groups attached to an aromatic ring is 1. The zero-order chi connectivity index (χ0) is 15.3. The lowest BCUT2D eigenvalue weighted by Crippen LogP contribution is -2.31. The molecule has 0 aliphatic heterocycles. The van der Waals surface area contributed by atoms with Gasteiger partial charge in [-0.15, -0.1) is 0 Å². The number of anilines is 1. The molecule has 0 spiro atoms. The highest BCUT2D eigenvalue weighted by Crippen LogP contribution is 2.17. The Balaban J connectivity index is 2.50. The maximum atomic E-state index is 12.1. The Morgan fingerprint density at radius 1 is 1.30 bits per heavy atom. The van der Waals surface area contributed by atoms with Crippen molar-refractivity contribution in [3.05, 3.63) is 28.8 Å². The predicted octanol–water partition coefficient (Wildman–Crippen LogP) is 2.35. The maximum Gasteiger partial charge on any atom is 0.251 e. The first-order valence-corrected chi connectivity index (χ1v) is 7.18. The van der Waals surface area contributed by atoms with Gasteiger partial charge in [-0.1, -0.05) is 6.07 Å². The minimum atomic E-state index is -0.0404. The normalized spacial score (nSPS) is 11.2. The summed E-state index contributed by atoms with van der Waals surface area (Å²) in [7, 11) is 2.09. The van der Waals surface area contributed by atoms with E-state index in [1.807, 2.05) is 19.9 Å². The molecule has 4 heteroatoms. The minimum absolute atomic E-state index is 0.0404. The maximum absolute atomic E-state index is 12.1. The average Bonchev–Trinajstić information content (AvgIpc) is 2.38. The van der Waals surface area contributed by atoms with E-state index in [0.29, 0.717) is 23.8 Å². The molecule has 0 atom stereocenters. The van der Waals surface area contributed by atoms with E-state index in [1.54, 1.807) is 6.07 Å². The van der Waals surface area contributed by atoms with Crippen LogP contribution in [0.5, 0.6) is 0 Å². The van der Waals surface area contributed by atoms with Gasteiger partial charge in [-0.25, -0.2) is 0 Å². The van der Waals surface area contributed by atoms with Gasteiger partial charge in [0.1, 0.15) is 0 Å². The van der Waals surface area contributed by atoms with Crippen molar-refractivity contribution in [2.45, 2.75) is 40.2 Å². The Morgan fingerprint density at radius 3 is 2.55 bits per heavy atom. The summed E-state index contributed by atoms with van der Waals surface area (Å²) in [5.74, 6) is -0.0404. The number of carbonyl (C=O) groups excluding carboxylic acids is 1. The molecule has 0 saturated heterocycles. The van der Waals surface area contributed by atoms with Crippen LogP contribution in [0.25, 0.3) is 0 Å². The first-order valence-electron chi connectivity index (χ1n) is 7.18. The first kappa shape index (κ1) is 16.5. The molecule has 3 N–H and O–H groups in total. The quantitative estimate of drug-likeness (QED) is 0.620. The van der Waals surface area contributed by atoms with E-state index in [2.05, 4.69) is 31.1 Å². The summed E-state index contributed by atoms with van der Waals surface area (Å²) in [5.41, 5.74) is 9.18. The van der Waals surface area contributed by atoms with Gasteiger partial charge in [0.15, 0.2) is 0 Å². The lowest BCUT2D eigenvalue weighted by atomic mass is 10.0. The summed E-state index contributed by atoms with van der Waals surface area (Å²) in [4.78, 5) is 14.4. The van der Waals surface area contributed by atoms with Crippen LogP contribution in [-0.4, -0.2) is 37.0 Å². The van der Waals surface area contributed by atoms with Crippen molar-refractivity contribution in [3.63, 3.8) is 0 Å². The second kappa shape index (κ2) is 7.29. The lowest BCUT2D eigenvalue weighted by Gasteiger charge is -2.20. The Hall–Kier alpha value is -1.55. The van der Waals surface area contributed by atoms with Gasteiger partial charge in [0.25, 0.3) is 5.91 Å². The molecule has 0 saturated carbocycles. The van der Waals surface area contributed by atoms with Crippen molar-refractivity contribution in [1.82, 2.24) is 10.2 Å². The fourth-order valence-corrected chi connectivity index (χ4v) is 2.00. The van der Waals surface area contributed by atoms with E-state index in [9.17, 15) is 4.79 Å². The van der Waals surface area contributed by atoms with Crippen molar-refractivity contribution < 1.29 is 4.79 Å². The van der Waals surface area contributed by atoms with Crippen molar-refractivity contribution in [2.75, 3.05) is 25.9 Å². The Bertz CT molecular complexity index is 469. The van der Waals surface area contributed by atoms with E-state index < -0.39 is 0 Å². The summed E-state index contributed by atoms with van der Waals surface area (Å²) in [6.45, 7) is 9.88. The van der Waals surface area contributed by atoms with Gasteiger partial charge in [0.05, 0.1) is 0 Å². The van der Waals surface area contributed by atoms with E-state index in [-0.39, 0.29) is 5.91 Å². The highest BCUT2D eigenvalue weighted by atomic mass is 16.1. The van der Waals surface area contributed by atoms with Crippen LogP contribution in [0.3, 0.4) is 0 Å². The number of hydrogen-bond acceptors (Lipinski definition) is 3. The molecule has 0 unspecified atom stereocenters. The van der Waals surface area contributed by atoms with Gasteiger partial charge in [0, 0.05) is 23.8 Å². The summed E-state index contributed by atoms with van der Waals surface area (Å²) in [6.07, 6.45) is 0.945. The number of rotatable bonds is 6. The molecular weight excluding hydrogens is 250 g/mol. The Morgan fingerprint density at radius 2 is 1.95 bits per heavy atom. The number of aryl methyl sites for hydroxylation is 2. The second-order valence-electron chi connectivity index (χ2n) is 5.71. The van der Waals surface area contributed by atoms with Crippen LogP contribution in [0.1, 0.15) is 41.8 Å². The van der Waals surface area contributed by atoms with Gasteiger partial charge < -0.3 is 16.0 Å². The second-order valence-corrected chi connectivity index (χ2v) is 5.71. The molecular formula is C16H27N3O. The first-order chi connectivity index (χ1) is 9.32. The fraction of sp³-hybridized carbons (Fsp3) is 0.562. The summed E-state index contributed by atoms with van der Waals surface area (Å²) < 4.78 is 0. The molecule has 1 aromatic carbocycles. The van der Waals surface area contributed by atoms with Gasteiger partial charge in [-0.2, -0.15) is 0 Å². The van der Waals surface area contributed by atoms with Gasteiger partial charge >= 0.3 is 0 Å². The summed E-state index contributed by atoms with van der Waals surface area (Å²) >= 11 is 0. The molecule has 0 heterocycles. The molecule has 20 heavy (non-hydrogen) atoms. The van der Waals surface area contributed by atoms with Crippen LogP contribution in [0.15, 0.2) is 12.1 Å². The van der Waals surface area contributed by atoms with Gasteiger partial charge in [-0.05, 0) is 64.9 Å². The Labute approximate surface area is 122 Å². The zero-order valence-corrected chi connectivity index (χ0v) is 13.3. The third kappa shape index (κ3) is 4.53. The number of carbonyl (C=O) groups is 1.